The number of likely N-dealkylation sites (tertiary alicyclic amines) is 1. The van der Waals surface area contributed by atoms with Crippen LogP contribution in [0.5, 0.6) is 5.75 Å². The number of aromatic nitrogens is 2. The van der Waals surface area contributed by atoms with Crippen LogP contribution in [-0.2, 0) is 10.0 Å². The predicted molar refractivity (Wildman–Crippen MR) is 138 cm³/mol. The van der Waals surface area contributed by atoms with Gasteiger partial charge >= 0.3 is 0 Å². The summed E-state index contributed by atoms with van der Waals surface area (Å²) in [5.41, 5.74) is 1.61. The summed E-state index contributed by atoms with van der Waals surface area (Å²) in [7, 11) is -3.74. The van der Waals surface area contributed by atoms with Gasteiger partial charge in [0.1, 0.15) is 11.6 Å². The van der Waals surface area contributed by atoms with E-state index < -0.39 is 10.0 Å². The van der Waals surface area contributed by atoms with E-state index in [2.05, 4.69) is 19.6 Å². The molecule has 1 fully saturated rings. The number of H-pyrrole nitrogens is 1. The minimum Gasteiger partial charge on any atom is -0.493 e. The largest absolute Gasteiger partial charge is 0.493 e. The lowest BCUT2D eigenvalue weighted by Crippen LogP contribution is -2.33. The number of piperidine rings is 1. The zero-order valence-corrected chi connectivity index (χ0v) is 21.3. The van der Waals surface area contributed by atoms with Crippen molar-refractivity contribution < 1.29 is 13.2 Å². The smallest absolute Gasteiger partial charge is 0.259 e. The topological polar surface area (TPSA) is 104 Å². The lowest BCUT2D eigenvalue weighted by atomic mass is 10.1. The maximum Gasteiger partial charge on any atom is 0.259 e. The number of ether oxygens (including phenoxy) is 1. The molecule has 4 rings (SSSR count). The highest BCUT2D eigenvalue weighted by atomic mass is 32.2. The number of rotatable bonds is 10. The molecule has 2 N–H and O–H groups in total. The molecule has 0 saturated carbocycles. The maximum atomic E-state index is 13.1. The van der Waals surface area contributed by atoms with Gasteiger partial charge in [0.2, 0.25) is 10.0 Å². The van der Waals surface area contributed by atoms with Crippen LogP contribution in [0.15, 0.2) is 46.1 Å². The molecule has 0 atom stereocenters. The second-order valence-corrected chi connectivity index (χ2v) is 10.8. The average Bonchev–Trinajstić information content (AvgIpc) is 2.86. The van der Waals surface area contributed by atoms with Gasteiger partial charge in [-0.15, -0.1) is 0 Å². The molecule has 2 heterocycles. The highest BCUT2D eigenvalue weighted by molar-refractivity contribution is 7.89. The second kappa shape index (κ2) is 11.3. The first-order valence-corrected chi connectivity index (χ1v) is 13.9. The van der Waals surface area contributed by atoms with Gasteiger partial charge in [-0.25, -0.2) is 18.1 Å². The Morgan fingerprint density at radius 2 is 1.94 bits per heavy atom. The van der Waals surface area contributed by atoms with Crippen molar-refractivity contribution >= 4 is 20.9 Å². The third-order valence-corrected chi connectivity index (χ3v) is 7.77. The van der Waals surface area contributed by atoms with Crippen molar-refractivity contribution in [3.8, 4) is 17.1 Å². The second-order valence-electron chi connectivity index (χ2n) is 9.05. The summed E-state index contributed by atoms with van der Waals surface area (Å²) in [5, 5.41) is 0.490. The monoisotopic (exact) mass is 498 g/mol. The molecule has 8 nitrogen and oxygen atoms in total. The van der Waals surface area contributed by atoms with Crippen molar-refractivity contribution in [3.63, 3.8) is 0 Å². The normalized spacial score (nSPS) is 14.9. The van der Waals surface area contributed by atoms with Crippen molar-refractivity contribution in [1.82, 2.24) is 19.6 Å². The van der Waals surface area contributed by atoms with Crippen LogP contribution < -0.4 is 15.0 Å². The van der Waals surface area contributed by atoms with E-state index in [0.717, 1.165) is 38.0 Å². The van der Waals surface area contributed by atoms with Crippen LogP contribution in [0.3, 0.4) is 0 Å². The van der Waals surface area contributed by atoms with E-state index in [4.69, 9.17) is 4.74 Å². The van der Waals surface area contributed by atoms with Gasteiger partial charge in [-0.3, -0.25) is 4.79 Å². The van der Waals surface area contributed by atoms with E-state index in [0.29, 0.717) is 35.4 Å². The summed E-state index contributed by atoms with van der Waals surface area (Å²) in [6, 6.07) is 10.1. The fraction of sp³-hybridized carbons (Fsp3) is 0.462. The van der Waals surface area contributed by atoms with Crippen molar-refractivity contribution in [1.29, 1.82) is 0 Å². The average molecular weight is 499 g/mol. The Bertz CT molecular complexity index is 1330. The molecule has 0 amide bonds. The van der Waals surface area contributed by atoms with Gasteiger partial charge in [-0.05, 0) is 82.1 Å². The van der Waals surface area contributed by atoms with E-state index in [1.165, 1.54) is 31.4 Å². The number of aryl methyl sites for hydroxylation is 1. The highest BCUT2D eigenvalue weighted by Gasteiger charge is 2.20. The van der Waals surface area contributed by atoms with E-state index >= 15 is 0 Å². The van der Waals surface area contributed by atoms with E-state index in [-0.39, 0.29) is 16.3 Å². The fourth-order valence-electron chi connectivity index (χ4n) is 4.41. The molecule has 0 bridgehead atoms. The SMILES string of the molecule is CCCOc1ccc(S(=O)(=O)NCCCN2CCCCC2)cc1-c1nc2c(C)cccc2c(=O)[nH]1. The lowest BCUT2D eigenvalue weighted by molar-refractivity contribution is 0.227. The van der Waals surface area contributed by atoms with Crippen LogP contribution in [0, 0.1) is 6.92 Å². The number of hydrogen-bond donors (Lipinski definition) is 2. The van der Waals surface area contributed by atoms with Crippen LogP contribution in [0.1, 0.15) is 44.6 Å². The molecule has 3 aromatic rings. The van der Waals surface area contributed by atoms with Gasteiger partial charge in [0.15, 0.2) is 0 Å². The van der Waals surface area contributed by atoms with Crippen molar-refractivity contribution in [2.24, 2.45) is 0 Å². The molecule has 0 aliphatic carbocycles. The Kier molecular flexibility index (Phi) is 8.20. The molecule has 1 aromatic heterocycles. The Labute approximate surface area is 206 Å². The Morgan fingerprint density at radius 3 is 2.71 bits per heavy atom. The molecule has 0 spiro atoms. The zero-order valence-electron chi connectivity index (χ0n) is 20.5. The van der Waals surface area contributed by atoms with Gasteiger partial charge in [0, 0.05) is 6.54 Å². The zero-order chi connectivity index (χ0) is 24.8. The first kappa shape index (κ1) is 25.3. The molecule has 2 aromatic carbocycles. The van der Waals surface area contributed by atoms with E-state index in [1.807, 2.05) is 26.0 Å². The molecule has 0 radical (unpaired) electrons. The minimum absolute atomic E-state index is 0.113. The third kappa shape index (κ3) is 6.09. The molecule has 188 valence electrons. The minimum atomic E-state index is -3.74. The fourth-order valence-corrected chi connectivity index (χ4v) is 5.51. The summed E-state index contributed by atoms with van der Waals surface area (Å²) in [5.74, 6) is 0.761. The Balaban J connectivity index is 1.61. The molecule has 1 aliphatic heterocycles. The molecular formula is C26H34N4O4S. The van der Waals surface area contributed by atoms with Gasteiger partial charge in [0.25, 0.3) is 5.56 Å². The van der Waals surface area contributed by atoms with Crippen LogP contribution >= 0.6 is 0 Å². The Hall–Kier alpha value is -2.75. The third-order valence-electron chi connectivity index (χ3n) is 6.31. The summed E-state index contributed by atoms with van der Waals surface area (Å²) < 4.78 is 34.7. The lowest BCUT2D eigenvalue weighted by Gasteiger charge is -2.26. The van der Waals surface area contributed by atoms with Crippen LogP contribution in [0.25, 0.3) is 22.3 Å². The van der Waals surface area contributed by atoms with Crippen LogP contribution in [-0.4, -0.2) is 56.1 Å². The summed E-state index contributed by atoms with van der Waals surface area (Å²) in [4.78, 5) is 22.7. The number of nitrogens with one attached hydrogen (secondary N) is 2. The first-order valence-electron chi connectivity index (χ1n) is 12.4. The predicted octanol–water partition coefficient (Wildman–Crippen LogP) is 3.84. The molecule has 1 saturated heterocycles. The van der Waals surface area contributed by atoms with Gasteiger partial charge in [-0.1, -0.05) is 25.5 Å². The maximum absolute atomic E-state index is 13.1. The standard InChI is InChI=1S/C26H34N4O4S/c1-3-17-34-23-12-11-20(35(32,33)27-13-8-16-30-14-5-4-6-15-30)18-22(23)25-28-24-19(2)9-7-10-21(24)26(31)29-25/h7,9-12,18,27H,3-6,8,13-17H2,1-2H3,(H,28,29,31). The molecule has 35 heavy (non-hydrogen) atoms. The number of benzene rings is 2. The molecule has 9 heteroatoms. The van der Waals surface area contributed by atoms with Crippen molar-refractivity contribution in [3.05, 3.63) is 52.3 Å². The summed E-state index contributed by atoms with van der Waals surface area (Å²) in [6.07, 6.45) is 5.25. The number of aromatic amines is 1. The van der Waals surface area contributed by atoms with Gasteiger partial charge in [-0.2, -0.15) is 0 Å². The molecule has 0 unspecified atom stereocenters. The first-order chi connectivity index (χ1) is 16.9. The van der Waals surface area contributed by atoms with Crippen molar-refractivity contribution in [2.45, 2.75) is 50.8 Å². The van der Waals surface area contributed by atoms with E-state index in [9.17, 15) is 13.2 Å². The number of hydrogen-bond acceptors (Lipinski definition) is 6. The number of fused-ring (bicyclic) bond motifs is 1. The molecular weight excluding hydrogens is 464 g/mol. The Morgan fingerprint density at radius 1 is 1.14 bits per heavy atom. The van der Waals surface area contributed by atoms with Crippen LogP contribution in [0.2, 0.25) is 0 Å². The molecule has 1 aliphatic rings. The number of sulfonamides is 1. The van der Waals surface area contributed by atoms with Crippen molar-refractivity contribution in [2.75, 3.05) is 32.8 Å². The number of para-hydroxylation sites is 1. The quantitative estimate of drug-likeness (QED) is 0.412. The summed E-state index contributed by atoms with van der Waals surface area (Å²) in [6.45, 7) is 7.78. The van der Waals surface area contributed by atoms with Gasteiger partial charge in [0.05, 0.1) is 28.0 Å². The van der Waals surface area contributed by atoms with E-state index in [1.54, 1.807) is 12.1 Å². The van der Waals surface area contributed by atoms with Crippen LogP contribution in [0.4, 0.5) is 0 Å². The van der Waals surface area contributed by atoms with Gasteiger partial charge < -0.3 is 14.6 Å². The number of nitrogens with zero attached hydrogens (tertiary/aromatic N) is 2. The summed E-state index contributed by atoms with van der Waals surface area (Å²) >= 11 is 0. The highest BCUT2D eigenvalue weighted by Crippen LogP contribution is 2.31.